The Morgan fingerprint density at radius 1 is 0.712 bits per heavy atom. The predicted molar refractivity (Wildman–Crippen MR) is 200 cm³/mol. The first-order chi connectivity index (χ1) is 24.8. The highest BCUT2D eigenvalue weighted by atomic mass is 32.2. The number of sulfone groups is 1. The molecule has 3 N–H and O–H groups in total. The van der Waals surface area contributed by atoms with E-state index in [-0.39, 0.29) is 27.5 Å². The zero-order chi connectivity index (χ0) is 37.0. The van der Waals surface area contributed by atoms with Crippen LogP contribution in [0.3, 0.4) is 0 Å². The van der Waals surface area contributed by atoms with Crippen LogP contribution in [-0.4, -0.2) is 33.6 Å². The smallest absolute Gasteiger partial charge is 0.296 e. The zero-order valence-corrected chi connectivity index (χ0v) is 29.9. The highest BCUT2D eigenvalue weighted by molar-refractivity contribution is 7.90. The lowest BCUT2D eigenvalue weighted by molar-refractivity contribution is 0.416. The van der Waals surface area contributed by atoms with Crippen LogP contribution in [0.5, 0.6) is 11.5 Å². The second-order valence-electron chi connectivity index (χ2n) is 11.9. The van der Waals surface area contributed by atoms with Crippen molar-refractivity contribution in [2.75, 3.05) is 12.4 Å². The molecular weight excluding hydrogens is 703 g/mol. The van der Waals surface area contributed by atoms with Crippen molar-refractivity contribution < 1.29 is 31.2 Å². The second kappa shape index (κ2) is 14.7. The summed E-state index contributed by atoms with van der Waals surface area (Å²) in [6.45, 7) is 3.68. The van der Waals surface area contributed by atoms with E-state index in [1.54, 1.807) is 61.5 Å². The van der Waals surface area contributed by atoms with Crippen LogP contribution >= 0.6 is 0 Å². The molecule has 0 unspecified atom stereocenters. The van der Waals surface area contributed by atoms with Gasteiger partial charge in [0.2, 0.25) is 0 Å². The number of ether oxygens (including phenoxy) is 1. The summed E-state index contributed by atoms with van der Waals surface area (Å²) < 4.78 is 66.3. The minimum Gasteiger partial charge on any atom is -0.505 e. The molecule has 0 aromatic heterocycles. The van der Waals surface area contributed by atoms with Crippen molar-refractivity contribution in [2.24, 2.45) is 20.5 Å². The molecule has 0 aliphatic carbocycles. The van der Waals surface area contributed by atoms with Crippen LogP contribution in [0.15, 0.2) is 146 Å². The van der Waals surface area contributed by atoms with Crippen LogP contribution < -0.4 is 10.1 Å². The molecule has 0 radical (unpaired) electrons. The lowest BCUT2D eigenvalue weighted by atomic mass is 10.1. The fourth-order valence-corrected chi connectivity index (χ4v) is 7.35. The van der Waals surface area contributed by atoms with Crippen molar-refractivity contribution in [3.05, 3.63) is 132 Å². The van der Waals surface area contributed by atoms with Crippen molar-refractivity contribution in [1.29, 1.82) is 0 Å². The Morgan fingerprint density at radius 2 is 1.40 bits per heavy atom. The number of aryl methyl sites for hydroxylation is 2. The monoisotopic (exact) mass is 735 g/mol. The van der Waals surface area contributed by atoms with Gasteiger partial charge in [-0.05, 0) is 97.1 Å². The van der Waals surface area contributed by atoms with Gasteiger partial charge in [-0.15, -0.1) is 10.2 Å². The molecular formula is C38H33N5O7S2. The molecule has 264 valence electrons. The molecule has 12 nitrogen and oxygen atoms in total. The summed E-state index contributed by atoms with van der Waals surface area (Å²) in [6, 6.07) is 32.1. The Hall–Kier alpha value is -5.96. The highest BCUT2D eigenvalue weighted by Gasteiger charge is 2.23. The van der Waals surface area contributed by atoms with Crippen LogP contribution in [0.25, 0.3) is 10.8 Å². The highest BCUT2D eigenvalue weighted by Crippen LogP contribution is 2.43. The number of azo groups is 2. The summed E-state index contributed by atoms with van der Waals surface area (Å²) in [5.74, 6) is -0.399. The molecule has 0 atom stereocenters. The van der Waals surface area contributed by atoms with Gasteiger partial charge in [0.25, 0.3) is 10.1 Å². The fourth-order valence-electron chi connectivity index (χ4n) is 5.34. The van der Waals surface area contributed by atoms with Crippen molar-refractivity contribution in [2.45, 2.75) is 29.4 Å². The van der Waals surface area contributed by atoms with Crippen molar-refractivity contribution in [3.8, 4) is 11.5 Å². The molecule has 0 amide bonds. The summed E-state index contributed by atoms with van der Waals surface area (Å²) >= 11 is 0. The van der Waals surface area contributed by atoms with Gasteiger partial charge in [0.15, 0.2) is 15.6 Å². The second-order valence-corrected chi connectivity index (χ2v) is 15.3. The minimum absolute atomic E-state index is 0.123. The summed E-state index contributed by atoms with van der Waals surface area (Å²) in [5.41, 5.74) is 4.35. The number of nitrogens with one attached hydrogen (secondary N) is 1. The molecule has 6 aromatic carbocycles. The number of methoxy groups -OCH3 is 1. The van der Waals surface area contributed by atoms with Gasteiger partial charge >= 0.3 is 0 Å². The van der Waals surface area contributed by atoms with Crippen LogP contribution in [0, 0.1) is 13.8 Å². The van der Waals surface area contributed by atoms with E-state index in [0.717, 1.165) is 11.3 Å². The van der Waals surface area contributed by atoms with Gasteiger partial charge in [-0.25, -0.2) is 8.42 Å². The van der Waals surface area contributed by atoms with E-state index in [2.05, 4.69) is 25.8 Å². The molecule has 52 heavy (non-hydrogen) atoms. The molecule has 0 bridgehead atoms. The van der Waals surface area contributed by atoms with Crippen molar-refractivity contribution in [1.82, 2.24) is 0 Å². The van der Waals surface area contributed by atoms with Gasteiger partial charge in [0.05, 0.1) is 29.1 Å². The van der Waals surface area contributed by atoms with E-state index in [9.17, 15) is 26.5 Å². The SMILES string of the molecule is COc1cc(N=Nc2ccc(S(=O)(=O)Cc3ccc(C)cc3)cc2)c(C)cc1N=Nc1c(S(=O)(=O)O)cc2cc(Nc3ccccc3)ccc2c1O. The maximum Gasteiger partial charge on any atom is 0.296 e. The van der Waals surface area contributed by atoms with Crippen LogP contribution in [0.4, 0.5) is 34.1 Å². The molecule has 6 rings (SSSR count). The number of nitrogens with zero attached hydrogens (tertiary/aromatic N) is 4. The van der Waals surface area contributed by atoms with E-state index >= 15 is 0 Å². The first-order valence-electron chi connectivity index (χ1n) is 15.8. The van der Waals surface area contributed by atoms with Crippen LogP contribution in [0.1, 0.15) is 16.7 Å². The Balaban J connectivity index is 1.25. The summed E-state index contributed by atoms with van der Waals surface area (Å²) in [5, 5.41) is 31.8. The van der Waals surface area contributed by atoms with Gasteiger partial charge in [0.1, 0.15) is 22.0 Å². The number of para-hydroxylation sites is 1. The van der Waals surface area contributed by atoms with Gasteiger partial charge in [-0.2, -0.15) is 18.6 Å². The number of phenols is 1. The number of rotatable bonds is 11. The number of aromatic hydroxyl groups is 1. The minimum atomic E-state index is -4.84. The van der Waals surface area contributed by atoms with Gasteiger partial charge in [-0.3, -0.25) is 4.55 Å². The topological polar surface area (TPSA) is 179 Å². The van der Waals surface area contributed by atoms with Crippen LogP contribution in [-0.2, 0) is 25.7 Å². The Bertz CT molecular complexity index is 2560. The average molecular weight is 736 g/mol. The maximum atomic E-state index is 12.9. The molecule has 0 aliphatic heterocycles. The molecule has 0 saturated heterocycles. The first-order valence-corrected chi connectivity index (χ1v) is 18.9. The third-order valence-electron chi connectivity index (χ3n) is 8.09. The number of anilines is 2. The van der Waals surface area contributed by atoms with E-state index in [1.807, 2.05) is 49.4 Å². The molecule has 0 fully saturated rings. The largest absolute Gasteiger partial charge is 0.505 e. The molecule has 0 aliphatic rings. The van der Waals surface area contributed by atoms with E-state index in [1.165, 1.54) is 25.3 Å². The first kappa shape index (κ1) is 35.9. The number of benzene rings is 6. The third kappa shape index (κ3) is 8.15. The molecule has 0 spiro atoms. The Labute approximate surface area is 300 Å². The summed E-state index contributed by atoms with van der Waals surface area (Å²) in [6.07, 6.45) is 0. The van der Waals surface area contributed by atoms with Gasteiger partial charge in [0, 0.05) is 22.8 Å². The van der Waals surface area contributed by atoms with E-state index in [0.29, 0.717) is 33.6 Å². The predicted octanol–water partition coefficient (Wildman–Crippen LogP) is 9.97. The molecule has 6 aromatic rings. The summed E-state index contributed by atoms with van der Waals surface area (Å²) in [7, 11) is -7.01. The lowest BCUT2D eigenvalue weighted by Crippen LogP contribution is -2.04. The zero-order valence-electron chi connectivity index (χ0n) is 28.2. The quantitative estimate of drug-likeness (QED) is 0.0868. The van der Waals surface area contributed by atoms with E-state index < -0.39 is 36.3 Å². The van der Waals surface area contributed by atoms with E-state index in [4.69, 9.17) is 4.74 Å². The third-order valence-corrected chi connectivity index (χ3v) is 10.7. The van der Waals surface area contributed by atoms with Crippen molar-refractivity contribution in [3.63, 3.8) is 0 Å². The fraction of sp³-hybridized carbons (Fsp3) is 0.105. The number of fused-ring (bicyclic) bond motifs is 1. The number of hydrogen-bond acceptors (Lipinski definition) is 11. The lowest BCUT2D eigenvalue weighted by Gasteiger charge is -2.12. The number of phenolic OH excluding ortho intramolecular Hbond substituents is 1. The van der Waals surface area contributed by atoms with Gasteiger partial charge < -0.3 is 15.2 Å². The van der Waals surface area contributed by atoms with Crippen LogP contribution in [0.2, 0.25) is 0 Å². The average Bonchev–Trinajstić information content (AvgIpc) is 3.11. The Morgan fingerprint density at radius 3 is 2.08 bits per heavy atom. The normalized spacial score (nSPS) is 12.2. The maximum absolute atomic E-state index is 12.9. The molecule has 14 heteroatoms. The van der Waals surface area contributed by atoms with Gasteiger partial charge in [-0.1, -0.05) is 48.0 Å². The number of hydrogen-bond donors (Lipinski definition) is 3. The van der Waals surface area contributed by atoms with Crippen molar-refractivity contribution >= 4 is 64.9 Å². The molecule has 0 saturated carbocycles. The standard InChI is InChI=1S/C38H33N5O7S2/c1-24-9-11-26(12-10-24)23-51(45,46)31-16-13-29(14-17-31)40-41-33-22-35(50-3)34(19-25(33)2)42-43-37-36(52(47,48)49)21-27-20-30(15-18-32(27)38(37)44)39-28-7-5-4-6-8-28/h4-22,39,44H,23H2,1-3H3,(H,47,48,49). The summed E-state index contributed by atoms with van der Waals surface area (Å²) in [4.78, 5) is -0.466. The molecule has 0 heterocycles. The Kier molecular flexibility index (Phi) is 10.1.